The maximum absolute atomic E-state index is 11.3. The zero-order chi connectivity index (χ0) is 12.7. The molecule has 0 bridgehead atoms. The summed E-state index contributed by atoms with van der Waals surface area (Å²) in [5.41, 5.74) is 0. The van der Waals surface area contributed by atoms with E-state index in [1.54, 1.807) is 13.0 Å². The molecule has 17 heavy (non-hydrogen) atoms. The third-order valence-electron chi connectivity index (χ3n) is 1.85. The molecule has 0 radical (unpaired) electrons. The zero-order valence-corrected chi connectivity index (χ0v) is 9.87. The number of anilines is 1. The van der Waals surface area contributed by atoms with Crippen LogP contribution in [0, 0.1) is 6.92 Å². The molecular formula is C10H16N4O3. The number of amides is 3. The first kappa shape index (κ1) is 13.0. The normalized spacial score (nSPS) is 9.76. The first-order chi connectivity index (χ1) is 8.11. The number of carbonyl (C=O) groups is 2. The van der Waals surface area contributed by atoms with Crippen LogP contribution in [0.25, 0.3) is 0 Å². The molecule has 0 aliphatic carbocycles. The van der Waals surface area contributed by atoms with E-state index in [-0.39, 0.29) is 12.5 Å². The molecule has 0 aromatic carbocycles. The fourth-order valence-corrected chi connectivity index (χ4v) is 1.07. The van der Waals surface area contributed by atoms with Crippen molar-refractivity contribution >= 4 is 17.8 Å². The second kappa shape index (κ2) is 6.51. The fraction of sp³-hybridized carbons (Fsp3) is 0.500. The van der Waals surface area contributed by atoms with Crippen LogP contribution < -0.4 is 16.0 Å². The average Bonchev–Trinajstić information content (AvgIpc) is 2.69. The van der Waals surface area contributed by atoms with Crippen molar-refractivity contribution < 1.29 is 14.1 Å². The van der Waals surface area contributed by atoms with E-state index >= 15 is 0 Å². The summed E-state index contributed by atoms with van der Waals surface area (Å²) >= 11 is 0. The van der Waals surface area contributed by atoms with Gasteiger partial charge in [-0.2, -0.15) is 0 Å². The van der Waals surface area contributed by atoms with Crippen LogP contribution >= 0.6 is 0 Å². The van der Waals surface area contributed by atoms with Crippen molar-refractivity contribution in [2.45, 2.75) is 20.3 Å². The maximum Gasteiger partial charge on any atom is 0.320 e. The van der Waals surface area contributed by atoms with Crippen molar-refractivity contribution in [3.05, 3.63) is 11.8 Å². The summed E-state index contributed by atoms with van der Waals surface area (Å²) in [7, 11) is 0. The predicted molar refractivity (Wildman–Crippen MR) is 61.6 cm³/mol. The van der Waals surface area contributed by atoms with Crippen molar-refractivity contribution in [1.29, 1.82) is 0 Å². The lowest BCUT2D eigenvalue weighted by molar-refractivity contribution is -0.120. The fourth-order valence-electron chi connectivity index (χ4n) is 1.07. The van der Waals surface area contributed by atoms with E-state index < -0.39 is 6.03 Å². The lowest BCUT2D eigenvalue weighted by atomic mass is 10.4. The van der Waals surface area contributed by atoms with Crippen molar-refractivity contribution in [2.24, 2.45) is 0 Å². The highest BCUT2D eigenvalue weighted by Crippen LogP contribution is 2.05. The number of urea groups is 1. The van der Waals surface area contributed by atoms with Gasteiger partial charge in [0.25, 0.3) is 0 Å². The van der Waals surface area contributed by atoms with Crippen molar-refractivity contribution in [3.63, 3.8) is 0 Å². The van der Waals surface area contributed by atoms with Gasteiger partial charge in [-0.3, -0.25) is 10.1 Å². The molecule has 0 aliphatic heterocycles. The molecule has 94 valence electrons. The molecule has 1 rings (SSSR count). The minimum Gasteiger partial charge on any atom is -0.360 e. The van der Waals surface area contributed by atoms with Gasteiger partial charge in [-0.15, -0.1) is 0 Å². The SMILES string of the molecule is CCCNC(=O)CNC(=O)Nc1cc(C)on1. The predicted octanol–water partition coefficient (Wildman–Crippen LogP) is 0.631. The first-order valence-electron chi connectivity index (χ1n) is 5.36. The molecule has 0 spiro atoms. The van der Waals surface area contributed by atoms with E-state index in [1.807, 2.05) is 6.92 Å². The van der Waals surface area contributed by atoms with Crippen LogP contribution in [-0.4, -0.2) is 30.2 Å². The van der Waals surface area contributed by atoms with E-state index in [4.69, 9.17) is 4.52 Å². The van der Waals surface area contributed by atoms with Crippen LogP contribution in [0.2, 0.25) is 0 Å². The Labute approximate surface area is 98.9 Å². The van der Waals surface area contributed by atoms with Gasteiger partial charge in [0.15, 0.2) is 5.82 Å². The van der Waals surface area contributed by atoms with Gasteiger partial charge in [-0.25, -0.2) is 4.79 Å². The molecule has 1 aromatic heterocycles. The Morgan fingerprint density at radius 1 is 1.41 bits per heavy atom. The second-order valence-corrected chi connectivity index (χ2v) is 3.48. The molecular weight excluding hydrogens is 224 g/mol. The summed E-state index contributed by atoms with van der Waals surface area (Å²) < 4.78 is 4.77. The van der Waals surface area contributed by atoms with Crippen LogP contribution in [0.4, 0.5) is 10.6 Å². The number of hydrogen-bond acceptors (Lipinski definition) is 4. The summed E-state index contributed by atoms with van der Waals surface area (Å²) in [6.07, 6.45) is 0.857. The van der Waals surface area contributed by atoms with Gasteiger partial charge < -0.3 is 15.2 Å². The van der Waals surface area contributed by atoms with Gasteiger partial charge in [-0.1, -0.05) is 12.1 Å². The molecule has 7 nitrogen and oxygen atoms in total. The number of aromatic nitrogens is 1. The molecule has 0 saturated carbocycles. The van der Waals surface area contributed by atoms with Gasteiger partial charge in [0.1, 0.15) is 5.76 Å². The quantitative estimate of drug-likeness (QED) is 0.703. The number of carbonyl (C=O) groups excluding carboxylic acids is 2. The molecule has 0 saturated heterocycles. The van der Waals surface area contributed by atoms with E-state index in [0.717, 1.165) is 6.42 Å². The largest absolute Gasteiger partial charge is 0.360 e. The molecule has 0 unspecified atom stereocenters. The number of hydrogen-bond donors (Lipinski definition) is 3. The Morgan fingerprint density at radius 2 is 2.18 bits per heavy atom. The average molecular weight is 240 g/mol. The minimum absolute atomic E-state index is 0.0668. The van der Waals surface area contributed by atoms with Gasteiger partial charge in [0, 0.05) is 12.6 Å². The molecule has 3 N–H and O–H groups in total. The number of rotatable bonds is 5. The van der Waals surface area contributed by atoms with Gasteiger partial charge in [0.2, 0.25) is 5.91 Å². The van der Waals surface area contributed by atoms with Gasteiger partial charge in [-0.05, 0) is 13.3 Å². The zero-order valence-electron chi connectivity index (χ0n) is 9.87. The first-order valence-corrected chi connectivity index (χ1v) is 5.36. The molecule has 0 fully saturated rings. The number of nitrogens with zero attached hydrogens (tertiary/aromatic N) is 1. The van der Waals surface area contributed by atoms with E-state index in [0.29, 0.717) is 18.1 Å². The van der Waals surface area contributed by atoms with Crippen molar-refractivity contribution in [2.75, 3.05) is 18.4 Å². The monoisotopic (exact) mass is 240 g/mol. The lowest BCUT2D eigenvalue weighted by Crippen LogP contribution is -2.39. The maximum atomic E-state index is 11.3. The van der Waals surface area contributed by atoms with Crippen LogP contribution in [0.5, 0.6) is 0 Å². The van der Waals surface area contributed by atoms with Gasteiger partial charge >= 0.3 is 6.03 Å². The smallest absolute Gasteiger partial charge is 0.320 e. The van der Waals surface area contributed by atoms with Crippen LogP contribution in [-0.2, 0) is 4.79 Å². The number of nitrogens with one attached hydrogen (secondary N) is 3. The van der Waals surface area contributed by atoms with Gasteiger partial charge in [0.05, 0.1) is 6.54 Å². The summed E-state index contributed by atoms with van der Waals surface area (Å²) in [4.78, 5) is 22.5. The molecule has 7 heteroatoms. The molecule has 1 heterocycles. The third kappa shape index (κ3) is 5.01. The third-order valence-corrected chi connectivity index (χ3v) is 1.85. The Morgan fingerprint density at radius 3 is 2.76 bits per heavy atom. The van der Waals surface area contributed by atoms with E-state index in [9.17, 15) is 9.59 Å². The molecule has 1 aromatic rings. The topological polar surface area (TPSA) is 96.3 Å². The molecule has 0 aliphatic rings. The highest BCUT2D eigenvalue weighted by atomic mass is 16.5. The summed E-state index contributed by atoms with van der Waals surface area (Å²) in [5.74, 6) is 0.688. The summed E-state index contributed by atoms with van der Waals surface area (Å²) in [6, 6.07) is 1.08. The van der Waals surface area contributed by atoms with Crippen LogP contribution in [0.1, 0.15) is 19.1 Å². The van der Waals surface area contributed by atoms with Crippen LogP contribution in [0.3, 0.4) is 0 Å². The Hall–Kier alpha value is -2.05. The standard InChI is InChI=1S/C10H16N4O3/c1-3-4-11-9(15)6-12-10(16)13-8-5-7(2)17-14-8/h5H,3-4,6H2,1-2H3,(H,11,15)(H2,12,13,14,16). The summed E-state index contributed by atoms with van der Waals surface area (Å²) in [5, 5.41) is 11.1. The van der Waals surface area contributed by atoms with Crippen molar-refractivity contribution in [1.82, 2.24) is 15.8 Å². The summed E-state index contributed by atoms with van der Waals surface area (Å²) in [6.45, 7) is 4.20. The van der Waals surface area contributed by atoms with E-state index in [1.165, 1.54) is 0 Å². The second-order valence-electron chi connectivity index (χ2n) is 3.48. The Balaban J connectivity index is 2.23. The highest BCUT2D eigenvalue weighted by molar-refractivity contribution is 5.91. The van der Waals surface area contributed by atoms with E-state index in [2.05, 4.69) is 21.1 Å². The number of aryl methyl sites for hydroxylation is 1. The Bertz CT molecular complexity index is 389. The van der Waals surface area contributed by atoms with Crippen LogP contribution in [0.15, 0.2) is 10.6 Å². The van der Waals surface area contributed by atoms with Crippen molar-refractivity contribution in [3.8, 4) is 0 Å². The Kier molecular flexibility index (Phi) is 4.99. The minimum atomic E-state index is -0.495. The highest BCUT2D eigenvalue weighted by Gasteiger charge is 2.07. The molecule has 3 amide bonds. The lowest BCUT2D eigenvalue weighted by Gasteiger charge is -2.05. The molecule has 0 atom stereocenters.